The van der Waals surface area contributed by atoms with Gasteiger partial charge in [0.1, 0.15) is 0 Å². The molecule has 4 atom stereocenters. The Balaban J connectivity index is 1.18. The molecule has 3 aliphatic rings. The summed E-state index contributed by atoms with van der Waals surface area (Å²) in [5, 5.41) is 21.7. The maximum absolute atomic E-state index is 10.9. The molecule has 2 aromatic rings. The van der Waals surface area contributed by atoms with Gasteiger partial charge in [-0.25, -0.2) is 0 Å². The van der Waals surface area contributed by atoms with Gasteiger partial charge in [-0.05, 0) is 81.2 Å². The van der Waals surface area contributed by atoms with Crippen molar-refractivity contribution >= 4 is 0 Å². The van der Waals surface area contributed by atoms with Crippen LogP contribution < -0.4 is 0 Å². The number of likely N-dealkylation sites (tertiary alicyclic amines) is 2. The van der Waals surface area contributed by atoms with E-state index in [9.17, 15) is 10.2 Å². The number of hydrogen-bond acceptors (Lipinski definition) is 4. The summed E-state index contributed by atoms with van der Waals surface area (Å²) < 4.78 is 0. The quantitative estimate of drug-likeness (QED) is 0.764. The molecule has 0 unspecified atom stereocenters. The Hall–Kier alpha value is -1.72. The number of hydrogen-bond donors (Lipinski definition) is 2. The van der Waals surface area contributed by atoms with Crippen molar-refractivity contribution in [1.82, 2.24) is 9.80 Å². The van der Waals surface area contributed by atoms with Crippen LogP contribution in [0.2, 0.25) is 0 Å². The van der Waals surface area contributed by atoms with Crippen LogP contribution in [-0.4, -0.2) is 70.5 Å². The van der Waals surface area contributed by atoms with Crippen LogP contribution in [0.25, 0.3) is 0 Å². The van der Waals surface area contributed by atoms with Crippen molar-refractivity contribution in [2.45, 2.75) is 74.7 Å². The second-order valence-electron chi connectivity index (χ2n) is 10.2. The van der Waals surface area contributed by atoms with Crippen LogP contribution in [0.15, 0.2) is 60.7 Å². The largest absolute Gasteiger partial charge is 0.391 e. The SMILES string of the molecule is O[C@H]1C[C@H](O)[C@@H](N2CCC(c3ccccc3)CC2)C[C@@H]1N1CCC(c2ccccc2)CC1. The van der Waals surface area contributed by atoms with Crippen LogP contribution in [0.1, 0.15) is 61.5 Å². The molecule has 4 nitrogen and oxygen atoms in total. The molecule has 2 saturated heterocycles. The highest BCUT2D eigenvalue weighted by Crippen LogP contribution is 2.36. The standard InChI is InChI=1S/C28H38N2O2/c31-27-20-28(32)26(30-17-13-24(14-18-30)22-9-5-2-6-10-22)19-25(27)29-15-11-23(12-16-29)21-7-3-1-4-8-21/h1-10,23-28,31-32H,11-20H2/t25-,26-,27-,28-/m0/s1. The molecule has 2 heterocycles. The van der Waals surface area contributed by atoms with Gasteiger partial charge in [0.2, 0.25) is 0 Å². The molecule has 0 bridgehead atoms. The minimum Gasteiger partial charge on any atom is -0.391 e. The Morgan fingerprint density at radius 1 is 0.531 bits per heavy atom. The summed E-state index contributed by atoms with van der Waals surface area (Å²) in [7, 11) is 0. The monoisotopic (exact) mass is 434 g/mol. The Bertz CT molecular complexity index is 760. The molecular weight excluding hydrogens is 396 g/mol. The summed E-state index contributed by atoms with van der Waals surface area (Å²) >= 11 is 0. The lowest BCUT2D eigenvalue weighted by molar-refractivity contribution is -0.0799. The van der Waals surface area contributed by atoms with E-state index in [0.717, 1.165) is 58.3 Å². The van der Waals surface area contributed by atoms with E-state index in [-0.39, 0.29) is 12.1 Å². The minimum atomic E-state index is -0.420. The lowest BCUT2D eigenvalue weighted by Gasteiger charge is -2.49. The molecule has 3 fully saturated rings. The molecule has 1 aliphatic carbocycles. The predicted octanol–water partition coefficient (Wildman–Crippen LogP) is 4.00. The number of piperidine rings is 2. The molecule has 0 amide bonds. The van der Waals surface area contributed by atoms with Gasteiger partial charge in [-0.3, -0.25) is 9.80 Å². The van der Waals surface area contributed by atoms with E-state index in [1.165, 1.54) is 11.1 Å². The summed E-state index contributed by atoms with van der Waals surface area (Å²) in [5.41, 5.74) is 2.90. The van der Waals surface area contributed by atoms with E-state index in [1.807, 2.05) is 0 Å². The Morgan fingerprint density at radius 2 is 0.906 bits per heavy atom. The molecule has 1 saturated carbocycles. The number of nitrogens with zero attached hydrogens (tertiary/aromatic N) is 2. The van der Waals surface area contributed by atoms with Gasteiger partial charge in [0, 0.05) is 18.5 Å². The van der Waals surface area contributed by atoms with Crippen LogP contribution >= 0.6 is 0 Å². The maximum Gasteiger partial charge on any atom is 0.0721 e. The van der Waals surface area contributed by atoms with Gasteiger partial charge in [-0.2, -0.15) is 0 Å². The van der Waals surface area contributed by atoms with Crippen LogP contribution in [-0.2, 0) is 0 Å². The van der Waals surface area contributed by atoms with Crippen molar-refractivity contribution in [3.63, 3.8) is 0 Å². The Morgan fingerprint density at radius 3 is 1.28 bits per heavy atom. The zero-order valence-electron chi connectivity index (χ0n) is 19.1. The van der Waals surface area contributed by atoms with Gasteiger partial charge in [0.25, 0.3) is 0 Å². The van der Waals surface area contributed by atoms with Crippen LogP contribution in [0.5, 0.6) is 0 Å². The minimum absolute atomic E-state index is 0.173. The van der Waals surface area contributed by atoms with Crippen molar-refractivity contribution in [2.75, 3.05) is 26.2 Å². The van der Waals surface area contributed by atoms with E-state index in [1.54, 1.807) is 0 Å². The lowest BCUT2D eigenvalue weighted by Crippen LogP contribution is -2.59. The van der Waals surface area contributed by atoms with Crippen molar-refractivity contribution in [3.8, 4) is 0 Å². The summed E-state index contributed by atoms with van der Waals surface area (Å²) in [4.78, 5) is 5.03. The van der Waals surface area contributed by atoms with E-state index < -0.39 is 12.2 Å². The highest BCUT2D eigenvalue weighted by atomic mass is 16.3. The number of rotatable bonds is 4. The summed E-state index contributed by atoms with van der Waals surface area (Å²) in [5.74, 6) is 1.26. The van der Waals surface area contributed by atoms with Crippen molar-refractivity contribution < 1.29 is 10.2 Å². The van der Waals surface area contributed by atoms with Crippen molar-refractivity contribution in [1.29, 1.82) is 0 Å². The van der Waals surface area contributed by atoms with Gasteiger partial charge in [-0.15, -0.1) is 0 Å². The molecule has 2 aliphatic heterocycles. The topological polar surface area (TPSA) is 46.9 Å². The van der Waals surface area contributed by atoms with Crippen molar-refractivity contribution in [3.05, 3.63) is 71.8 Å². The van der Waals surface area contributed by atoms with E-state index in [0.29, 0.717) is 18.3 Å². The predicted molar refractivity (Wildman–Crippen MR) is 129 cm³/mol. The third kappa shape index (κ3) is 4.79. The Labute approximate surface area is 192 Å². The highest BCUT2D eigenvalue weighted by molar-refractivity contribution is 5.21. The van der Waals surface area contributed by atoms with Crippen LogP contribution in [0, 0.1) is 0 Å². The summed E-state index contributed by atoms with van der Waals surface area (Å²) in [6.45, 7) is 4.17. The summed E-state index contributed by atoms with van der Waals surface area (Å²) in [6.07, 6.45) is 5.17. The second-order valence-corrected chi connectivity index (χ2v) is 10.2. The number of benzene rings is 2. The molecule has 4 heteroatoms. The number of aliphatic hydroxyl groups is 2. The highest BCUT2D eigenvalue weighted by Gasteiger charge is 2.42. The zero-order chi connectivity index (χ0) is 21.9. The summed E-state index contributed by atoms with van der Waals surface area (Å²) in [6, 6.07) is 22.1. The molecular formula is C28H38N2O2. The zero-order valence-corrected chi connectivity index (χ0v) is 19.1. The molecule has 0 spiro atoms. The van der Waals surface area contributed by atoms with Gasteiger partial charge >= 0.3 is 0 Å². The Kier molecular flexibility index (Phi) is 6.94. The molecule has 32 heavy (non-hydrogen) atoms. The van der Waals surface area contributed by atoms with Crippen LogP contribution in [0.4, 0.5) is 0 Å². The molecule has 5 rings (SSSR count). The van der Waals surface area contributed by atoms with Gasteiger partial charge in [-0.1, -0.05) is 60.7 Å². The fourth-order valence-electron chi connectivity index (χ4n) is 6.49. The maximum atomic E-state index is 10.9. The first kappa shape index (κ1) is 22.1. The van der Waals surface area contributed by atoms with E-state index in [2.05, 4.69) is 70.5 Å². The first-order chi connectivity index (χ1) is 15.7. The van der Waals surface area contributed by atoms with Gasteiger partial charge in [0.15, 0.2) is 0 Å². The first-order valence-corrected chi connectivity index (χ1v) is 12.6. The normalized spacial score (nSPS) is 31.6. The average molecular weight is 435 g/mol. The first-order valence-electron chi connectivity index (χ1n) is 12.6. The van der Waals surface area contributed by atoms with Crippen LogP contribution in [0.3, 0.4) is 0 Å². The molecule has 172 valence electrons. The van der Waals surface area contributed by atoms with E-state index >= 15 is 0 Å². The van der Waals surface area contributed by atoms with Gasteiger partial charge < -0.3 is 10.2 Å². The molecule has 2 N–H and O–H groups in total. The molecule has 0 radical (unpaired) electrons. The van der Waals surface area contributed by atoms with Gasteiger partial charge in [0.05, 0.1) is 12.2 Å². The third-order valence-electron chi connectivity index (χ3n) is 8.39. The average Bonchev–Trinajstić information content (AvgIpc) is 2.86. The molecule has 0 aromatic heterocycles. The van der Waals surface area contributed by atoms with E-state index in [4.69, 9.17) is 0 Å². The fourth-order valence-corrected chi connectivity index (χ4v) is 6.49. The van der Waals surface area contributed by atoms with Crippen molar-refractivity contribution in [2.24, 2.45) is 0 Å². The lowest BCUT2D eigenvalue weighted by atomic mass is 9.81. The molecule has 2 aromatic carbocycles. The fraction of sp³-hybridized carbons (Fsp3) is 0.571. The second kappa shape index (κ2) is 10.0. The third-order valence-corrected chi connectivity index (χ3v) is 8.39. The smallest absolute Gasteiger partial charge is 0.0721 e. The number of aliphatic hydroxyl groups excluding tert-OH is 2.